The lowest BCUT2D eigenvalue weighted by molar-refractivity contribution is -0.130. The molecule has 29 heavy (non-hydrogen) atoms. The first-order chi connectivity index (χ1) is 14.1. The highest BCUT2D eigenvalue weighted by molar-refractivity contribution is 6.21. The molecule has 0 aliphatic carbocycles. The molecule has 2 rings (SSSR count). The van der Waals surface area contributed by atoms with E-state index in [-0.39, 0.29) is 17.7 Å². The van der Waals surface area contributed by atoms with Crippen molar-refractivity contribution in [1.29, 1.82) is 0 Å². The van der Waals surface area contributed by atoms with Crippen LogP contribution in [0.4, 0.5) is 0 Å². The van der Waals surface area contributed by atoms with E-state index in [2.05, 4.69) is 0 Å². The Morgan fingerprint density at radius 1 is 0.759 bits per heavy atom. The van der Waals surface area contributed by atoms with Crippen molar-refractivity contribution in [3.8, 4) is 0 Å². The summed E-state index contributed by atoms with van der Waals surface area (Å²) >= 11 is 0. The third-order valence-corrected chi connectivity index (χ3v) is 5.77. The van der Waals surface area contributed by atoms with Crippen molar-refractivity contribution in [3.05, 3.63) is 35.4 Å². The summed E-state index contributed by atoms with van der Waals surface area (Å²) in [5.74, 6) is -0.0109. The largest absolute Gasteiger partial charge is 0.343 e. The Labute approximate surface area is 175 Å². The highest BCUT2D eigenvalue weighted by Gasteiger charge is 2.34. The van der Waals surface area contributed by atoms with Crippen LogP contribution in [-0.2, 0) is 4.79 Å². The van der Waals surface area contributed by atoms with E-state index in [0.29, 0.717) is 24.1 Å². The van der Waals surface area contributed by atoms with E-state index in [4.69, 9.17) is 0 Å². The van der Waals surface area contributed by atoms with Crippen molar-refractivity contribution >= 4 is 17.7 Å². The number of rotatable bonds is 14. The zero-order chi connectivity index (χ0) is 21.1. The van der Waals surface area contributed by atoms with Crippen LogP contribution < -0.4 is 0 Å². The number of imide groups is 1. The predicted octanol–water partition coefficient (Wildman–Crippen LogP) is 5.05. The fraction of sp³-hybridized carbons (Fsp3) is 0.625. The fourth-order valence-electron chi connectivity index (χ4n) is 3.96. The number of carbonyl (C=O) groups is 3. The number of hydrogen-bond donors (Lipinski definition) is 0. The number of unbranched alkanes of at least 4 members (excludes halogenated alkanes) is 8. The quantitative estimate of drug-likeness (QED) is 0.324. The van der Waals surface area contributed by atoms with E-state index in [1.807, 2.05) is 18.7 Å². The summed E-state index contributed by atoms with van der Waals surface area (Å²) in [5.41, 5.74) is 1.08. The van der Waals surface area contributed by atoms with Crippen LogP contribution in [0.2, 0.25) is 0 Å². The average Bonchev–Trinajstić information content (AvgIpc) is 2.97. The van der Waals surface area contributed by atoms with E-state index in [1.165, 1.54) is 30.6 Å². The molecule has 1 heterocycles. The number of benzene rings is 1. The molecular formula is C24H36N2O3. The molecular weight excluding hydrogens is 364 g/mol. The summed E-state index contributed by atoms with van der Waals surface area (Å²) in [6.45, 7) is 6.19. The summed E-state index contributed by atoms with van der Waals surface area (Å²) in [5, 5.41) is 0. The standard InChI is InChI=1S/C24H36N2O3/c1-3-25(4-2)22(27)18-12-10-8-6-5-7-9-11-15-19-26-23(28)20-16-13-14-17-21(20)24(26)29/h13-14,16-17H,3-12,15,18-19H2,1-2H3. The smallest absolute Gasteiger partial charge is 0.261 e. The normalized spacial score (nSPS) is 13.1. The second-order valence-electron chi connectivity index (χ2n) is 7.81. The minimum atomic E-state index is -0.148. The molecule has 0 radical (unpaired) electrons. The van der Waals surface area contributed by atoms with Crippen LogP contribution in [-0.4, -0.2) is 47.2 Å². The van der Waals surface area contributed by atoms with E-state index < -0.39 is 0 Å². The van der Waals surface area contributed by atoms with Gasteiger partial charge in [-0.25, -0.2) is 0 Å². The van der Waals surface area contributed by atoms with E-state index in [9.17, 15) is 14.4 Å². The highest BCUT2D eigenvalue weighted by atomic mass is 16.2. The lowest BCUT2D eigenvalue weighted by Gasteiger charge is -2.18. The SMILES string of the molecule is CCN(CC)C(=O)CCCCCCCCCCCN1C(=O)c2ccccc2C1=O. The van der Waals surface area contributed by atoms with Crippen LogP contribution in [0.15, 0.2) is 24.3 Å². The van der Waals surface area contributed by atoms with Gasteiger partial charge in [0.25, 0.3) is 11.8 Å². The van der Waals surface area contributed by atoms with Crippen LogP contribution in [0.25, 0.3) is 0 Å². The fourth-order valence-corrected chi connectivity index (χ4v) is 3.96. The molecule has 5 heteroatoms. The maximum absolute atomic E-state index is 12.3. The topological polar surface area (TPSA) is 57.7 Å². The first-order valence-electron chi connectivity index (χ1n) is 11.3. The highest BCUT2D eigenvalue weighted by Crippen LogP contribution is 2.23. The van der Waals surface area contributed by atoms with Gasteiger partial charge in [0.1, 0.15) is 0 Å². The molecule has 1 aliphatic heterocycles. The molecule has 0 spiro atoms. The van der Waals surface area contributed by atoms with Crippen LogP contribution in [0.5, 0.6) is 0 Å². The van der Waals surface area contributed by atoms with Crippen molar-refractivity contribution < 1.29 is 14.4 Å². The molecule has 0 aromatic heterocycles. The molecule has 160 valence electrons. The Morgan fingerprint density at radius 3 is 1.69 bits per heavy atom. The minimum absolute atomic E-state index is 0.148. The van der Waals surface area contributed by atoms with Crippen LogP contribution in [0, 0.1) is 0 Å². The van der Waals surface area contributed by atoms with Crippen LogP contribution >= 0.6 is 0 Å². The molecule has 0 bridgehead atoms. The summed E-state index contributed by atoms with van der Waals surface area (Å²) in [7, 11) is 0. The molecule has 0 saturated heterocycles. The van der Waals surface area contributed by atoms with Crippen molar-refractivity contribution in [2.45, 2.75) is 78.1 Å². The number of hydrogen-bond acceptors (Lipinski definition) is 3. The van der Waals surface area contributed by atoms with Crippen LogP contribution in [0.1, 0.15) is 98.8 Å². The van der Waals surface area contributed by atoms with Gasteiger partial charge in [0.05, 0.1) is 11.1 Å². The Hall–Kier alpha value is -2.17. The summed E-state index contributed by atoms with van der Waals surface area (Å²) in [6, 6.07) is 7.07. The van der Waals surface area contributed by atoms with Gasteiger partial charge in [0, 0.05) is 26.1 Å². The lowest BCUT2D eigenvalue weighted by Crippen LogP contribution is -2.30. The summed E-state index contributed by atoms with van der Waals surface area (Å²) < 4.78 is 0. The Morgan fingerprint density at radius 2 is 1.21 bits per heavy atom. The third-order valence-electron chi connectivity index (χ3n) is 5.77. The molecule has 1 aromatic carbocycles. The maximum Gasteiger partial charge on any atom is 0.261 e. The van der Waals surface area contributed by atoms with Gasteiger partial charge in [-0.1, -0.05) is 57.1 Å². The van der Waals surface area contributed by atoms with Gasteiger partial charge in [0.2, 0.25) is 5.91 Å². The lowest BCUT2D eigenvalue weighted by atomic mass is 10.1. The van der Waals surface area contributed by atoms with Gasteiger partial charge in [-0.2, -0.15) is 0 Å². The van der Waals surface area contributed by atoms with Crippen LogP contribution in [0.3, 0.4) is 0 Å². The molecule has 1 aliphatic rings. The molecule has 0 N–H and O–H groups in total. The second kappa shape index (κ2) is 12.4. The average molecular weight is 401 g/mol. The van der Waals surface area contributed by atoms with Crippen molar-refractivity contribution in [3.63, 3.8) is 0 Å². The monoisotopic (exact) mass is 400 g/mol. The van der Waals surface area contributed by atoms with E-state index in [1.54, 1.807) is 24.3 Å². The Bertz CT molecular complexity index is 647. The van der Waals surface area contributed by atoms with Gasteiger partial charge in [-0.3, -0.25) is 19.3 Å². The van der Waals surface area contributed by atoms with Gasteiger partial charge in [0.15, 0.2) is 0 Å². The van der Waals surface area contributed by atoms with Gasteiger partial charge >= 0.3 is 0 Å². The minimum Gasteiger partial charge on any atom is -0.343 e. The van der Waals surface area contributed by atoms with Crippen molar-refractivity contribution in [2.24, 2.45) is 0 Å². The van der Waals surface area contributed by atoms with Gasteiger partial charge in [-0.05, 0) is 38.8 Å². The van der Waals surface area contributed by atoms with Crippen molar-refractivity contribution in [2.75, 3.05) is 19.6 Å². The molecule has 0 saturated carbocycles. The van der Waals surface area contributed by atoms with E-state index in [0.717, 1.165) is 45.2 Å². The second-order valence-corrected chi connectivity index (χ2v) is 7.81. The third kappa shape index (κ3) is 6.69. The Kier molecular flexibility index (Phi) is 9.89. The van der Waals surface area contributed by atoms with Crippen molar-refractivity contribution in [1.82, 2.24) is 9.80 Å². The molecule has 0 unspecified atom stereocenters. The van der Waals surface area contributed by atoms with Gasteiger partial charge < -0.3 is 4.90 Å². The zero-order valence-corrected chi connectivity index (χ0v) is 18.1. The number of fused-ring (bicyclic) bond motifs is 1. The Balaban J connectivity index is 1.46. The summed E-state index contributed by atoms with van der Waals surface area (Å²) in [4.78, 5) is 39.8. The predicted molar refractivity (Wildman–Crippen MR) is 116 cm³/mol. The maximum atomic E-state index is 12.3. The molecule has 0 fully saturated rings. The number of carbonyl (C=O) groups excluding carboxylic acids is 3. The van der Waals surface area contributed by atoms with Gasteiger partial charge in [-0.15, -0.1) is 0 Å². The number of amides is 3. The summed E-state index contributed by atoms with van der Waals surface area (Å²) in [6.07, 6.45) is 10.7. The molecule has 5 nitrogen and oxygen atoms in total. The number of nitrogens with zero attached hydrogens (tertiary/aromatic N) is 2. The molecule has 3 amide bonds. The molecule has 0 atom stereocenters. The first kappa shape index (κ1) is 23.1. The zero-order valence-electron chi connectivity index (χ0n) is 18.1. The van der Waals surface area contributed by atoms with E-state index >= 15 is 0 Å². The molecule has 1 aromatic rings. The first-order valence-corrected chi connectivity index (χ1v) is 11.3.